The molecule has 2 aromatic rings. The molecule has 1 saturated carbocycles. The third-order valence-corrected chi connectivity index (χ3v) is 5.52. The Morgan fingerprint density at radius 1 is 0.968 bits per heavy atom. The number of methoxy groups -OCH3 is 2. The predicted octanol–water partition coefficient (Wildman–Crippen LogP) is 3.84. The van der Waals surface area contributed by atoms with E-state index in [1.54, 1.807) is 31.4 Å². The number of nitrogens with one attached hydrogen (secondary N) is 3. The number of benzene rings is 2. The van der Waals surface area contributed by atoms with Gasteiger partial charge in [0.15, 0.2) is 0 Å². The molecule has 4 rings (SSSR count). The van der Waals surface area contributed by atoms with Gasteiger partial charge in [0, 0.05) is 36.6 Å². The molecule has 164 valence electrons. The molecule has 0 radical (unpaired) electrons. The first kappa shape index (κ1) is 20.8. The first-order chi connectivity index (χ1) is 15.1. The van der Waals surface area contributed by atoms with Gasteiger partial charge in [0.25, 0.3) is 5.91 Å². The number of amides is 3. The quantitative estimate of drug-likeness (QED) is 0.628. The van der Waals surface area contributed by atoms with Gasteiger partial charge in [-0.25, -0.2) is 4.79 Å². The SMILES string of the molecule is COc1ccc(NC(=O)Nc2ccc(N3CCCC3)c(C(=O)NC3CC3)c2)c(OC)c1. The zero-order valence-corrected chi connectivity index (χ0v) is 17.9. The molecule has 1 aliphatic heterocycles. The molecule has 2 aromatic carbocycles. The fourth-order valence-corrected chi connectivity index (χ4v) is 3.71. The van der Waals surface area contributed by atoms with Gasteiger partial charge in [0.05, 0.1) is 25.5 Å². The highest BCUT2D eigenvalue weighted by Gasteiger charge is 2.27. The van der Waals surface area contributed by atoms with E-state index < -0.39 is 6.03 Å². The van der Waals surface area contributed by atoms with Crippen LogP contribution in [-0.2, 0) is 0 Å². The smallest absolute Gasteiger partial charge is 0.323 e. The lowest BCUT2D eigenvalue weighted by Gasteiger charge is -2.22. The predicted molar refractivity (Wildman–Crippen MR) is 121 cm³/mol. The van der Waals surface area contributed by atoms with Crippen LogP contribution < -0.4 is 30.3 Å². The summed E-state index contributed by atoms with van der Waals surface area (Å²) in [6.45, 7) is 1.88. The Labute approximate surface area is 181 Å². The van der Waals surface area contributed by atoms with E-state index in [0.717, 1.165) is 44.5 Å². The molecule has 0 atom stereocenters. The van der Waals surface area contributed by atoms with Gasteiger partial charge >= 0.3 is 6.03 Å². The highest BCUT2D eigenvalue weighted by atomic mass is 16.5. The maximum Gasteiger partial charge on any atom is 0.323 e. The Bertz CT molecular complexity index is 968. The molecule has 3 N–H and O–H groups in total. The maximum absolute atomic E-state index is 12.9. The summed E-state index contributed by atoms with van der Waals surface area (Å²) in [7, 11) is 3.09. The number of rotatable bonds is 7. The molecule has 0 aromatic heterocycles. The third kappa shape index (κ3) is 5.02. The van der Waals surface area contributed by atoms with Crippen molar-refractivity contribution in [2.75, 3.05) is 42.8 Å². The summed E-state index contributed by atoms with van der Waals surface area (Å²) < 4.78 is 10.5. The molecular formula is C23H28N4O4. The fraction of sp³-hybridized carbons (Fsp3) is 0.391. The average Bonchev–Trinajstić information content (AvgIpc) is 3.42. The van der Waals surface area contributed by atoms with E-state index in [4.69, 9.17) is 9.47 Å². The van der Waals surface area contributed by atoms with E-state index in [1.807, 2.05) is 12.1 Å². The van der Waals surface area contributed by atoms with Gasteiger partial charge in [-0.3, -0.25) is 4.79 Å². The molecule has 31 heavy (non-hydrogen) atoms. The molecule has 8 heteroatoms. The molecule has 0 spiro atoms. The fourth-order valence-electron chi connectivity index (χ4n) is 3.71. The number of urea groups is 1. The van der Waals surface area contributed by atoms with Crippen LogP contribution >= 0.6 is 0 Å². The van der Waals surface area contributed by atoms with Crippen molar-refractivity contribution in [3.63, 3.8) is 0 Å². The van der Waals surface area contributed by atoms with Crippen LogP contribution in [0.5, 0.6) is 11.5 Å². The zero-order chi connectivity index (χ0) is 21.8. The van der Waals surface area contributed by atoms with E-state index in [-0.39, 0.29) is 11.9 Å². The summed E-state index contributed by atoms with van der Waals surface area (Å²) in [5.41, 5.74) is 2.57. The Balaban J connectivity index is 1.51. The topological polar surface area (TPSA) is 91.9 Å². The number of carbonyl (C=O) groups is 2. The number of anilines is 3. The number of carbonyl (C=O) groups excluding carboxylic acids is 2. The van der Waals surface area contributed by atoms with Gasteiger partial charge in [-0.2, -0.15) is 0 Å². The summed E-state index contributed by atoms with van der Waals surface area (Å²) in [5.74, 6) is 1.03. The molecule has 1 saturated heterocycles. The summed E-state index contributed by atoms with van der Waals surface area (Å²) in [6.07, 6.45) is 4.29. The zero-order valence-electron chi connectivity index (χ0n) is 17.9. The van der Waals surface area contributed by atoms with E-state index in [2.05, 4.69) is 20.9 Å². The Kier molecular flexibility index (Phi) is 6.16. The number of nitrogens with zero attached hydrogens (tertiary/aromatic N) is 1. The van der Waals surface area contributed by atoms with Crippen molar-refractivity contribution in [3.05, 3.63) is 42.0 Å². The van der Waals surface area contributed by atoms with Crippen molar-refractivity contribution in [1.82, 2.24) is 5.32 Å². The molecule has 2 aliphatic rings. The van der Waals surface area contributed by atoms with Crippen molar-refractivity contribution in [3.8, 4) is 11.5 Å². The minimum absolute atomic E-state index is 0.0923. The Morgan fingerprint density at radius 3 is 2.42 bits per heavy atom. The van der Waals surface area contributed by atoms with Gasteiger partial charge in [-0.1, -0.05) is 0 Å². The summed E-state index contributed by atoms with van der Waals surface area (Å²) in [6, 6.07) is 10.5. The number of hydrogen-bond acceptors (Lipinski definition) is 5. The van der Waals surface area contributed by atoms with Crippen LogP contribution in [0.3, 0.4) is 0 Å². The van der Waals surface area contributed by atoms with Crippen molar-refractivity contribution < 1.29 is 19.1 Å². The van der Waals surface area contributed by atoms with Crippen LogP contribution in [-0.4, -0.2) is 45.3 Å². The lowest BCUT2D eigenvalue weighted by Crippen LogP contribution is -2.29. The number of hydrogen-bond donors (Lipinski definition) is 3. The minimum atomic E-state index is -0.425. The van der Waals surface area contributed by atoms with Gasteiger partial charge in [0.2, 0.25) is 0 Å². The van der Waals surface area contributed by atoms with Crippen LogP contribution in [0, 0.1) is 0 Å². The lowest BCUT2D eigenvalue weighted by atomic mass is 10.1. The van der Waals surface area contributed by atoms with Crippen molar-refractivity contribution in [1.29, 1.82) is 0 Å². The van der Waals surface area contributed by atoms with E-state index in [1.165, 1.54) is 7.11 Å². The number of ether oxygens (including phenoxy) is 2. The summed E-state index contributed by atoms with van der Waals surface area (Å²) in [4.78, 5) is 27.7. The van der Waals surface area contributed by atoms with Crippen LogP contribution in [0.4, 0.5) is 21.9 Å². The first-order valence-corrected chi connectivity index (χ1v) is 10.6. The maximum atomic E-state index is 12.9. The second-order valence-corrected chi connectivity index (χ2v) is 7.82. The van der Waals surface area contributed by atoms with E-state index in [9.17, 15) is 9.59 Å². The second kappa shape index (κ2) is 9.16. The van der Waals surface area contributed by atoms with Crippen LogP contribution in [0.15, 0.2) is 36.4 Å². The summed E-state index contributed by atoms with van der Waals surface area (Å²) in [5, 5.41) is 8.66. The van der Waals surface area contributed by atoms with Crippen LogP contribution in [0.1, 0.15) is 36.0 Å². The Morgan fingerprint density at radius 2 is 1.74 bits per heavy atom. The molecular weight excluding hydrogens is 396 g/mol. The molecule has 2 fully saturated rings. The van der Waals surface area contributed by atoms with Crippen LogP contribution in [0.25, 0.3) is 0 Å². The normalized spacial score (nSPS) is 15.4. The third-order valence-electron chi connectivity index (χ3n) is 5.52. The van der Waals surface area contributed by atoms with E-state index >= 15 is 0 Å². The van der Waals surface area contributed by atoms with Crippen molar-refractivity contribution in [2.24, 2.45) is 0 Å². The highest BCUT2D eigenvalue weighted by Crippen LogP contribution is 2.31. The van der Waals surface area contributed by atoms with Gasteiger partial charge < -0.3 is 30.3 Å². The highest BCUT2D eigenvalue weighted by molar-refractivity contribution is 6.04. The average molecular weight is 425 g/mol. The van der Waals surface area contributed by atoms with E-state index in [0.29, 0.717) is 28.4 Å². The second-order valence-electron chi connectivity index (χ2n) is 7.82. The standard InChI is InChI=1S/C23H28N4O4/c1-30-17-8-9-19(21(14-17)31-2)26-23(29)25-16-7-10-20(27-11-3-4-12-27)18(13-16)22(28)24-15-5-6-15/h7-10,13-15H,3-6,11-12H2,1-2H3,(H,24,28)(H2,25,26,29). The first-order valence-electron chi connectivity index (χ1n) is 10.6. The van der Waals surface area contributed by atoms with Gasteiger partial charge in [0.1, 0.15) is 11.5 Å². The summed E-state index contributed by atoms with van der Waals surface area (Å²) >= 11 is 0. The monoisotopic (exact) mass is 424 g/mol. The van der Waals surface area contributed by atoms with Crippen LogP contribution in [0.2, 0.25) is 0 Å². The largest absolute Gasteiger partial charge is 0.497 e. The molecule has 3 amide bonds. The minimum Gasteiger partial charge on any atom is -0.497 e. The van der Waals surface area contributed by atoms with Gasteiger partial charge in [-0.15, -0.1) is 0 Å². The molecule has 8 nitrogen and oxygen atoms in total. The van der Waals surface area contributed by atoms with Gasteiger partial charge in [-0.05, 0) is 56.0 Å². The van der Waals surface area contributed by atoms with Crippen molar-refractivity contribution >= 4 is 29.0 Å². The molecule has 1 aliphatic carbocycles. The lowest BCUT2D eigenvalue weighted by molar-refractivity contribution is 0.0951. The van der Waals surface area contributed by atoms with Crippen molar-refractivity contribution in [2.45, 2.75) is 31.7 Å². The Hall–Kier alpha value is -3.42. The molecule has 1 heterocycles. The molecule has 0 unspecified atom stereocenters. The molecule has 0 bridgehead atoms.